The molecule has 0 amide bonds. The van der Waals surface area contributed by atoms with E-state index in [-0.39, 0.29) is 11.5 Å². The van der Waals surface area contributed by atoms with Gasteiger partial charge in [-0.25, -0.2) is 0 Å². The summed E-state index contributed by atoms with van der Waals surface area (Å²) in [6.07, 6.45) is 1.82. The van der Waals surface area contributed by atoms with E-state index in [2.05, 4.69) is 27.7 Å². The van der Waals surface area contributed by atoms with Crippen molar-refractivity contribution in [2.75, 3.05) is 21.1 Å². The van der Waals surface area contributed by atoms with Gasteiger partial charge in [0.15, 0.2) is 5.78 Å². The summed E-state index contributed by atoms with van der Waals surface area (Å²) in [5.74, 6) is 0.0427. The second-order valence-corrected chi connectivity index (χ2v) is 8.39. The Hall–Kier alpha value is -3.17. The van der Waals surface area contributed by atoms with Gasteiger partial charge >= 0.3 is 0 Å². The molecular formula is C25H24NO2+. The molecule has 28 heavy (non-hydrogen) atoms. The Morgan fingerprint density at radius 2 is 1.68 bits per heavy atom. The maximum Gasteiger partial charge on any atom is 0.193 e. The van der Waals surface area contributed by atoms with Crippen LogP contribution in [0.15, 0.2) is 66.7 Å². The first kappa shape index (κ1) is 18.2. The Balaban J connectivity index is 2.18. The highest BCUT2D eigenvalue weighted by atomic mass is 16.3. The van der Waals surface area contributed by atoms with Crippen LogP contribution in [0.2, 0.25) is 0 Å². The van der Waals surface area contributed by atoms with Crippen molar-refractivity contribution in [3.8, 4) is 5.75 Å². The highest BCUT2D eigenvalue weighted by Gasteiger charge is 2.26. The fraction of sp³-hybridized carbons (Fsp3) is 0.160. The summed E-state index contributed by atoms with van der Waals surface area (Å²) in [6, 6.07) is 17.7. The first-order valence-electron chi connectivity index (χ1n) is 9.35. The Kier molecular flexibility index (Phi) is 4.20. The maximum atomic E-state index is 13.2. The summed E-state index contributed by atoms with van der Waals surface area (Å²) in [7, 11) is 6.25. The molecule has 0 bridgehead atoms. The molecule has 140 valence electrons. The monoisotopic (exact) mass is 370 g/mol. The predicted molar refractivity (Wildman–Crippen MR) is 114 cm³/mol. The molecule has 4 rings (SSSR count). The van der Waals surface area contributed by atoms with Crippen molar-refractivity contribution in [1.82, 2.24) is 0 Å². The second kappa shape index (κ2) is 6.47. The number of phenols is 1. The van der Waals surface area contributed by atoms with Crippen LogP contribution in [0.4, 0.5) is 0 Å². The molecular weight excluding hydrogens is 346 g/mol. The number of hydrogen-bond donors (Lipinski definition) is 1. The van der Waals surface area contributed by atoms with Gasteiger partial charge in [0, 0.05) is 22.3 Å². The minimum Gasteiger partial charge on any atom is -0.507 e. The van der Waals surface area contributed by atoms with E-state index in [4.69, 9.17) is 0 Å². The number of carbonyl (C=O) groups excluding carboxylic acids is 1. The molecule has 0 atom stereocenters. The molecule has 3 aromatic rings. The maximum absolute atomic E-state index is 13.2. The zero-order valence-corrected chi connectivity index (χ0v) is 16.5. The van der Waals surface area contributed by atoms with Gasteiger partial charge in [-0.05, 0) is 33.4 Å². The highest BCUT2D eigenvalue weighted by Crippen LogP contribution is 2.37. The summed E-state index contributed by atoms with van der Waals surface area (Å²) in [5.41, 5.74) is 2.40. The van der Waals surface area contributed by atoms with Gasteiger partial charge < -0.3 is 9.59 Å². The fourth-order valence-corrected chi connectivity index (χ4v) is 3.91. The number of hydrogen-bond acceptors (Lipinski definition) is 2. The van der Waals surface area contributed by atoms with Gasteiger partial charge in [0.05, 0.1) is 21.1 Å². The van der Waals surface area contributed by atoms with Gasteiger partial charge in [0.2, 0.25) is 0 Å². The normalized spacial score (nSPS) is 14.2. The first-order valence-corrected chi connectivity index (χ1v) is 9.35. The van der Waals surface area contributed by atoms with E-state index in [0.717, 1.165) is 26.8 Å². The number of ketones is 1. The zero-order chi connectivity index (χ0) is 20.1. The van der Waals surface area contributed by atoms with Crippen LogP contribution in [0.3, 0.4) is 0 Å². The van der Waals surface area contributed by atoms with Crippen LogP contribution in [0.5, 0.6) is 5.75 Å². The van der Waals surface area contributed by atoms with E-state index >= 15 is 0 Å². The number of benzene rings is 3. The molecule has 3 heteroatoms. The molecule has 3 nitrogen and oxygen atoms in total. The third-order valence-electron chi connectivity index (χ3n) is 5.07. The van der Waals surface area contributed by atoms with E-state index in [9.17, 15) is 9.90 Å². The van der Waals surface area contributed by atoms with Gasteiger partial charge in [0.25, 0.3) is 0 Å². The van der Waals surface area contributed by atoms with Crippen LogP contribution in [-0.4, -0.2) is 36.5 Å². The number of nitrogens with zero attached hydrogens (tertiary/aromatic N) is 1. The molecule has 3 aromatic carbocycles. The number of quaternary nitrogens is 1. The van der Waals surface area contributed by atoms with Gasteiger partial charge in [-0.3, -0.25) is 4.79 Å². The topological polar surface area (TPSA) is 37.3 Å². The van der Waals surface area contributed by atoms with Crippen LogP contribution < -0.4 is 10.4 Å². The van der Waals surface area contributed by atoms with E-state index < -0.39 is 0 Å². The fourth-order valence-electron chi connectivity index (χ4n) is 3.91. The first-order chi connectivity index (χ1) is 13.3. The predicted octanol–water partition coefficient (Wildman–Crippen LogP) is 2.87. The Labute approximate surface area is 164 Å². The smallest absolute Gasteiger partial charge is 0.193 e. The SMILES string of the molecule is C=C1C=c2ccccc2=C(c2c(O)c(C[N+](C)(C)C)cc3ccccc23)C1=O. The average Bonchev–Trinajstić information content (AvgIpc) is 2.64. The number of phenolic OH excluding ortho intramolecular Hbond substituents is 1. The number of rotatable bonds is 3. The Morgan fingerprint density at radius 3 is 2.43 bits per heavy atom. The largest absolute Gasteiger partial charge is 0.507 e. The van der Waals surface area contributed by atoms with Crippen molar-refractivity contribution in [2.24, 2.45) is 0 Å². The number of aromatic hydroxyl groups is 1. The standard InChI is InChI=1S/C25H23NO2/c1-16-13-17-9-5-7-11-20(17)22(24(16)27)23-21-12-8-6-10-18(21)14-19(25(23)28)15-26(2,3)4/h5-14H,1,15H2,2-4H3/p+1. The lowest BCUT2D eigenvalue weighted by molar-refractivity contribution is -0.884. The molecule has 0 saturated carbocycles. The Morgan fingerprint density at radius 1 is 1.00 bits per heavy atom. The molecule has 0 aromatic heterocycles. The molecule has 1 aliphatic rings. The van der Waals surface area contributed by atoms with E-state index in [1.54, 1.807) is 0 Å². The zero-order valence-electron chi connectivity index (χ0n) is 16.5. The molecule has 1 N–H and O–H groups in total. The summed E-state index contributed by atoms with van der Waals surface area (Å²) >= 11 is 0. The Bertz CT molecular complexity index is 1260. The van der Waals surface area contributed by atoms with E-state index in [1.165, 1.54) is 0 Å². The van der Waals surface area contributed by atoms with Gasteiger partial charge in [-0.1, -0.05) is 55.1 Å². The van der Waals surface area contributed by atoms with Crippen LogP contribution in [0.25, 0.3) is 22.4 Å². The molecule has 0 radical (unpaired) electrons. The minimum atomic E-state index is -0.137. The minimum absolute atomic E-state index is 0.137. The molecule has 0 aliphatic heterocycles. The van der Waals surface area contributed by atoms with Crippen molar-refractivity contribution in [2.45, 2.75) is 6.54 Å². The van der Waals surface area contributed by atoms with E-state index in [0.29, 0.717) is 27.7 Å². The van der Waals surface area contributed by atoms with Crippen molar-refractivity contribution in [3.05, 3.63) is 88.3 Å². The van der Waals surface area contributed by atoms with Gasteiger partial charge in [-0.15, -0.1) is 0 Å². The lowest BCUT2D eigenvalue weighted by Crippen LogP contribution is -2.35. The number of fused-ring (bicyclic) bond motifs is 2. The average molecular weight is 370 g/mol. The molecule has 0 heterocycles. The van der Waals surface area contributed by atoms with Crippen LogP contribution in [0, 0.1) is 0 Å². The van der Waals surface area contributed by atoms with Gasteiger partial charge in [-0.2, -0.15) is 0 Å². The van der Waals surface area contributed by atoms with Crippen LogP contribution in [-0.2, 0) is 11.3 Å². The van der Waals surface area contributed by atoms with Crippen molar-refractivity contribution >= 4 is 28.2 Å². The third kappa shape index (κ3) is 3.04. The van der Waals surface area contributed by atoms with Crippen LogP contribution in [0.1, 0.15) is 11.1 Å². The van der Waals surface area contributed by atoms with Gasteiger partial charge in [0.1, 0.15) is 12.3 Å². The summed E-state index contributed by atoms with van der Waals surface area (Å²) < 4.78 is 0.672. The molecule has 1 aliphatic carbocycles. The number of allylic oxidation sites excluding steroid dienone is 1. The lowest BCUT2D eigenvalue weighted by Gasteiger charge is -2.26. The summed E-state index contributed by atoms with van der Waals surface area (Å²) in [4.78, 5) is 13.2. The second-order valence-electron chi connectivity index (χ2n) is 8.39. The molecule has 0 fully saturated rings. The van der Waals surface area contributed by atoms with Crippen molar-refractivity contribution in [3.63, 3.8) is 0 Å². The summed E-state index contributed by atoms with van der Waals surface area (Å²) in [5, 5.41) is 15.0. The third-order valence-corrected chi connectivity index (χ3v) is 5.07. The number of carbonyl (C=O) groups is 1. The van der Waals surface area contributed by atoms with Crippen molar-refractivity contribution < 1.29 is 14.4 Å². The summed E-state index contributed by atoms with van der Waals surface area (Å²) in [6.45, 7) is 4.60. The molecule has 0 saturated heterocycles. The lowest BCUT2D eigenvalue weighted by atomic mass is 9.85. The van der Waals surface area contributed by atoms with E-state index in [1.807, 2.05) is 60.7 Å². The highest BCUT2D eigenvalue weighted by molar-refractivity contribution is 6.34. The van der Waals surface area contributed by atoms with Crippen LogP contribution >= 0.6 is 0 Å². The number of Topliss-reactive ketones (excluding diaryl/α,β-unsaturated/α-hetero) is 1. The van der Waals surface area contributed by atoms with Crippen molar-refractivity contribution in [1.29, 1.82) is 0 Å². The molecule has 0 unspecified atom stereocenters. The quantitative estimate of drug-likeness (QED) is 0.569. The molecule has 0 spiro atoms.